The first-order valence-electron chi connectivity index (χ1n) is 7.91. The van der Waals surface area contributed by atoms with E-state index in [0.29, 0.717) is 24.7 Å². The predicted molar refractivity (Wildman–Crippen MR) is 83.2 cm³/mol. The van der Waals surface area contributed by atoms with Crippen molar-refractivity contribution in [1.29, 1.82) is 0 Å². The molecule has 1 fully saturated rings. The van der Waals surface area contributed by atoms with Crippen LogP contribution in [0.3, 0.4) is 0 Å². The number of carbonyl (C=O) groups excluding carboxylic acids is 1. The van der Waals surface area contributed by atoms with E-state index in [4.69, 9.17) is 5.11 Å². The van der Waals surface area contributed by atoms with Crippen LogP contribution in [0.2, 0.25) is 0 Å². The van der Waals surface area contributed by atoms with Gasteiger partial charge in [0.2, 0.25) is 0 Å². The SMILES string of the molecule is Cc1c(C(=O)N2CCC(CCO)CC2)nnn1-c1cnn(C)c1. The molecule has 3 heterocycles. The van der Waals surface area contributed by atoms with Crippen molar-refractivity contribution < 1.29 is 9.90 Å². The van der Waals surface area contributed by atoms with Crippen LogP contribution in [0.5, 0.6) is 0 Å². The van der Waals surface area contributed by atoms with Gasteiger partial charge in [-0.3, -0.25) is 9.48 Å². The maximum absolute atomic E-state index is 12.7. The fourth-order valence-corrected chi connectivity index (χ4v) is 3.05. The monoisotopic (exact) mass is 318 g/mol. The molecule has 0 aromatic carbocycles. The maximum atomic E-state index is 12.7. The summed E-state index contributed by atoms with van der Waals surface area (Å²) >= 11 is 0. The van der Waals surface area contributed by atoms with Crippen LogP contribution < -0.4 is 0 Å². The van der Waals surface area contributed by atoms with Crippen molar-refractivity contribution >= 4 is 5.91 Å². The zero-order valence-corrected chi connectivity index (χ0v) is 13.5. The number of piperidine rings is 1. The van der Waals surface area contributed by atoms with E-state index in [9.17, 15) is 4.79 Å². The minimum atomic E-state index is -0.0694. The number of carbonyl (C=O) groups is 1. The number of amides is 1. The van der Waals surface area contributed by atoms with Gasteiger partial charge in [-0.2, -0.15) is 5.10 Å². The van der Waals surface area contributed by atoms with Gasteiger partial charge in [-0.15, -0.1) is 5.10 Å². The largest absolute Gasteiger partial charge is 0.396 e. The van der Waals surface area contributed by atoms with Gasteiger partial charge in [0, 0.05) is 26.7 Å². The summed E-state index contributed by atoms with van der Waals surface area (Å²) < 4.78 is 3.32. The van der Waals surface area contributed by atoms with Gasteiger partial charge >= 0.3 is 0 Å². The summed E-state index contributed by atoms with van der Waals surface area (Å²) in [5, 5.41) is 21.3. The van der Waals surface area contributed by atoms with Crippen LogP contribution >= 0.6 is 0 Å². The lowest BCUT2D eigenvalue weighted by molar-refractivity contribution is 0.0671. The number of aliphatic hydroxyl groups excluding tert-OH is 1. The maximum Gasteiger partial charge on any atom is 0.276 e. The number of rotatable bonds is 4. The van der Waals surface area contributed by atoms with Crippen molar-refractivity contribution in [3.8, 4) is 5.69 Å². The van der Waals surface area contributed by atoms with Crippen LogP contribution in [0.4, 0.5) is 0 Å². The number of aliphatic hydroxyl groups is 1. The standard InChI is InChI=1S/C15H22N6O2/c1-11-14(17-18-21(11)13-9-16-19(2)10-13)15(23)20-6-3-12(4-7-20)5-8-22/h9-10,12,22H,3-8H2,1-2H3. The number of hydrogen-bond donors (Lipinski definition) is 1. The lowest BCUT2D eigenvalue weighted by Crippen LogP contribution is -2.39. The summed E-state index contributed by atoms with van der Waals surface area (Å²) in [5.74, 6) is 0.441. The third-order valence-corrected chi connectivity index (χ3v) is 4.47. The molecule has 1 N–H and O–H groups in total. The Hall–Kier alpha value is -2.22. The Kier molecular flexibility index (Phi) is 4.42. The van der Waals surface area contributed by atoms with Crippen LogP contribution in [0.1, 0.15) is 35.4 Å². The summed E-state index contributed by atoms with van der Waals surface area (Å²) in [6.45, 7) is 3.49. The minimum absolute atomic E-state index is 0.0694. The Morgan fingerprint density at radius 2 is 2.13 bits per heavy atom. The lowest BCUT2D eigenvalue weighted by Gasteiger charge is -2.31. The van der Waals surface area contributed by atoms with Gasteiger partial charge in [-0.05, 0) is 32.1 Å². The number of aromatic nitrogens is 5. The first-order chi connectivity index (χ1) is 11.1. The molecular weight excluding hydrogens is 296 g/mol. The fourth-order valence-electron chi connectivity index (χ4n) is 3.05. The molecule has 0 bridgehead atoms. The topological polar surface area (TPSA) is 89.1 Å². The third-order valence-electron chi connectivity index (χ3n) is 4.47. The van der Waals surface area contributed by atoms with Crippen molar-refractivity contribution in [1.82, 2.24) is 29.7 Å². The third kappa shape index (κ3) is 3.12. The molecule has 1 amide bonds. The van der Waals surface area contributed by atoms with E-state index in [1.54, 1.807) is 15.6 Å². The van der Waals surface area contributed by atoms with Crippen LogP contribution in [-0.4, -0.2) is 60.4 Å². The highest BCUT2D eigenvalue weighted by atomic mass is 16.3. The van der Waals surface area contributed by atoms with Gasteiger partial charge in [-0.25, -0.2) is 4.68 Å². The number of aryl methyl sites for hydroxylation is 1. The number of hydrogen-bond acceptors (Lipinski definition) is 5. The Balaban J connectivity index is 1.73. The van der Waals surface area contributed by atoms with E-state index < -0.39 is 0 Å². The average molecular weight is 318 g/mol. The van der Waals surface area contributed by atoms with Crippen molar-refractivity contribution in [2.75, 3.05) is 19.7 Å². The Morgan fingerprint density at radius 3 is 2.74 bits per heavy atom. The number of nitrogens with zero attached hydrogens (tertiary/aromatic N) is 6. The molecule has 0 radical (unpaired) electrons. The molecule has 2 aromatic rings. The second kappa shape index (κ2) is 6.49. The van der Waals surface area contributed by atoms with Gasteiger partial charge in [0.1, 0.15) is 5.69 Å². The van der Waals surface area contributed by atoms with Crippen LogP contribution in [0.25, 0.3) is 5.69 Å². The van der Waals surface area contributed by atoms with Crippen molar-refractivity contribution in [2.45, 2.75) is 26.2 Å². The quantitative estimate of drug-likeness (QED) is 0.889. The predicted octanol–water partition coefficient (Wildman–Crippen LogP) is 0.544. The lowest BCUT2D eigenvalue weighted by atomic mass is 9.94. The first-order valence-corrected chi connectivity index (χ1v) is 7.91. The van der Waals surface area contributed by atoms with Gasteiger partial charge in [-0.1, -0.05) is 5.21 Å². The second-order valence-corrected chi connectivity index (χ2v) is 6.06. The summed E-state index contributed by atoms with van der Waals surface area (Å²) in [6.07, 6.45) is 6.20. The van der Waals surface area contributed by atoms with E-state index in [1.165, 1.54) is 0 Å². The van der Waals surface area contributed by atoms with Crippen LogP contribution in [-0.2, 0) is 7.05 Å². The molecule has 0 unspecified atom stereocenters. The molecule has 1 aliphatic rings. The summed E-state index contributed by atoms with van der Waals surface area (Å²) in [4.78, 5) is 14.5. The highest BCUT2D eigenvalue weighted by Crippen LogP contribution is 2.22. The summed E-state index contributed by atoms with van der Waals surface area (Å²) in [7, 11) is 1.83. The van der Waals surface area contributed by atoms with E-state index in [2.05, 4.69) is 15.4 Å². The molecule has 3 rings (SSSR count). The van der Waals surface area contributed by atoms with Crippen LogP contribution in [0, 0.1) is 12.8 Å². The molecule has 124 valence electrons. The molecule has 0 atom stereocenters. The normalized spacial score (nSPS) is 16.0. The Bertz CT molecular complexity index is 684. The molecule has 8 heteroatoms. The van der Waals surface area contributed by atoms with Gasteiger partial charge in [0.25, 0.3) is 5.91 Å². The molecule has 1 saturated heterocycles. The van der Waals surface area contributed by atoms with E-state index in [0.717, 1.165) is 30.6 Å². The van der Waals surface area contributed by atoms with Crippen molar-refractivity contribution in [3.63, 3.8) is 0 Å². The zero-order valence-electron chi connectivity index (χ0n) is 13.5. The Morgan fingerprint density at radius 1 is 1.39 bits per heavy atom. The molecule has 0 saturated carbocycles. The smallest absolute Gasteiger partial charge is 0.276 e. The minimum Gasteiger partial charge on any atom is -0.396 e. The highest BCUT2D eigenvalue weighted by molar-refractivity contribution is 5.93. The van der Waals surface area contributed by atoms with Crippen LogP contribution in [0.15, 0.2) is 12.4 Å². The zero-order chi connectivity index (χ0) is 16.4. The summed E-state index contributed by atoms with van der Waals surface area (Å²) in [6, 6.07) is 0. The fraction of sp³-hybridized carbons (Fsp3) is 0.600. The number of likely N-dealkylation sites (tertiary alicyclic amines) is 1. The molecule has 8 nitrogen and oxygen atoms in total. The van der Waals surface area contributed by atoms with Crippen molar-refractivity contribution in [3.05, 3.63) is 23.8 Å². The van der Waals surface area contributed by atoms with E-state index >= 15 is 0 Å². The molecule has 2 aromatic heterocycles. The summed E-state index contributed by atoms with van der Waals surface area (Å²) in [5.41, 5.74) is 1.91. The van der Waals surface area contributed by atoms with Gasteiger partial charge in [0.15, 0.2) is 5.69 Å². The van der Waals surface area contributed by atoms with E-state index in [1.807, 2.05) is 25.1 Å². The molecule has 23 heavy (non-hydrogen) atoms. The molecular formula is C15H22N6O2. The van der Waals surface area contributed by atoms with Crippen molar-refractivity contribution in [2.24, 2.45) is 13.0 Å². The van der Waals surface area contributed by atoms with E-state index in [-0.39, 0.29) is 12.5 Å². The first kappa shape index (κ1) is 15.7. The Labute approximate surface area is 134 Å². The van der Waals surface area contributed by atoms with Gasteiger partial charge in [0.05, 0.1) is 18.1 Å². The second-order valence-electron chi connectivity index (χ2n) is 6.06. The highest BCUT2D eigenvalue weighted by Gasteiger charge is 2.27. The van der Waals surface area contributed by atoms with Gasteiger partial charge < -0.3 is 10.0 Å². The molecule has 0 spiro atoms. The molecule has 0 aliphatic carbocycles. The average Bonchev–Trinajstić information content (AvgIpc) is 3.13. The molecule has 1 aliphatic heterocycles.